The van der Waals surface area contributed by atoms with Crippen LogP contribution in [0.25, 0.3) is 0 Å². The molecule has 2 N–H and O–H groups in total. The maximum absolute atomic E-state index is 12.9. The van der Waals surface area contributed by atoms with Crippen molar-refractivity contribution in [3.63, 3.8) is 0 Å². The SMILES string of the molecule is CC(C)(C)c1ccc(C2CCC(NC(=O)N3CCCCC3CNS(C)(=O)=O)CC2)cc1. The Labute approximate surface area is 188 Å². The van der Waals surface area contributed by atoms with E-state index in [0.29, 0.717) is 19.0 Å². The number of piperidine rings is 1. The number of carbonyl (C=O) groups excluding carboxylic acids is 1. The van der Waals surface area contributed by atoms with E-state index < -0.39 is 10.0 Å². The molecular formula is C24H39N3O3S. The number of hydrogen-bond acceptors (Lipinski definition) is 3. The van der Waals surface area contributed by atoms with Crippen LogP contribution in [0.4, 0.5) is 4.79 Å². The van der Waals surface area contributed by atoms with Gasteiger partial charge in [-0.2, -0.15) is 0 Å². The Hall–Kier alpha value is -1.60. The standard InChI is InChI=1S/C24H39N3O3S/c1-24(2,3)20-12-8-18(9-13-20)19-10-14-21(15-11-19)26-23(28)27-16-6-5-7-22(27)17-25-31(4,29)30/h8-9,12-13,19,21-22,25H,5-7,10-11,14-17H2,1-4H3,(H,26,28). The molecule has 31 heavy (non-hydrogen) atoms. The molecule has 1 atom stereocenters. The number of urea groups is 1. The second-order valence-corrected chi connectivity index (χ2v) is 12.2. The zero-order valence-electron chi connectivity index (χ0n) is 19.5. The number of likely N-dealkylation sites (tertiary alicyclic amines) is 1. The molecule has 2 aliphatic rings. The van der Waals surface area contributed by atoms with Gasteiger partial charge in [-0.3, -0.25) is 0 Å². The first-order valence-corrected chi connectivity index (χ1v) is 13.5. The molecule has 3 rings (SSSR count). The molecule has 1 aromatic rings. The third-order valence-corrected chi connectivity index (χ3v) is 7.46. The molecule has 0 aromatic heterocycles. The molecular weight excluding hydrogens is 410 g/mol. The Bertz CT molecular complexity index is 838. The molecule has 1 heterocycles. The van der Waals surface area contributed by atoms with E-state index in [9.17, 15) is 13.2 Å². The predicted octanol–water partition coefficient (Wildman–Crippen LogP) is 4.12. The highest BCUT2D eigenvalue weighted by Crippen LogP contribution is 2.34. The minimum atomic E-state index is -3.25. The summed E-state index contributed by atoms with van der Waals surface area (Å²) in [6, 6.07) is 9.14. The van der Waals surface area contributed by atoms with Crippen molar-refractivity contribution in [2.75, 3.05) is 19.3 Å². The topological polar surface area (TPSA) is 78.5 Å². The molecule has 7 heteroatoms. The van der Waals surface area contributed by atoms with Gasteiger partial charge in [-0.05, 0) is 67.4 Å². The summed E-state index contributed by atoms with van der Waals surface area (Å²) in [5.41, 5.74) is 2.93. The Morgan fingerprint density at radius 1 is 1.03 bits per heavy atom. The molecule has 1 aliphatic heterocycles. The molecule has 1 saturated heterocycles. The largest absolute Gasteiger partial charge is 0.335 e. The van der Waals surface area contributed by atoms with E-state index in [0.717, 1.165) is 51.2 Å². The molecule has 2 amide bonds. The monoisotopic (exact) mass is 449 g/mol. The van der Waals surface area contributed by atoms with Crippen LogP contribution in [0, 0.1) is 0 Å². The van der Waals surface area contributed by atoms with Crippen molar-refractivity contribution in [3.8, 4) is 0 Å². The molecule has 1 aliphatic carbocycles. The average Bonchev–Trinajstić information content (AvgIpc) is 2.72. The van der Waals surface area contributed by atoms with Gasteiger partial charge in [0.25, 0.3) is 0 Å². The Kier molecular flexibility index (Phi) is 7.68. The molecule has 0 bridgehead atoms. The summed E-state index contributed by atoms with van der Waals surface area (Å²) in [7, 11) is -3.25. The van der Waals surface area contributed by atoms with E-state index in [1.165, 1.54) is 11.1 Å². The minimum Gasteiger partial charge on any atom is -0.335 e. The maximum atomic E-state index is 12.9. The molecule has 1 saturated carbocycles. The first-order valence-electron chi connectivity index (χ1n) is 11.6. The van der Waals surface area contributed by atoms with E-state index in [4.69, 9.17) is 0 Å². The highest BCUT2D eigenvalue weighted by atomic mass is 32.2. The first kappa shape index (κ1) is 24.1. The van der Waals surface area contributed by atoms with E-state index in [-0.39, 0.29) is 23.5 Å². The van der Waals surface area contributed by atoms with Crippen LogP contribution < -0.4 is 10.0 Å². The van der Waals surface area contributed by atoms with Crippen molar-refractivity contribution in [3.05, 3.63) is 35.4 Å². The third-order valence-electron chi connectivity index (χ3n) is 6.77. The second kappa shape index (κ2) is 9.90. The van der Waals surface area contributed by atoms with Crippen LogP contribution in [-0.2, 0) is 15.4 Å². The number of nitrogens with zero attached hydrogens (tertiary/aromatic N) is 1. The van der Waals surface area contributed by atoms with Crippen LogP contribution in [0.3, 0.4) is 0 Å². The number of carbonyl (C=O) groups is 1. The summed E-state index contributed by atoms with van der Waals surface area (Å²) in [6.45, 7) is 7.70. The van der Waals surface area contributed by atoms with Gasteiger partial charge in [0, 0.05) is 25.2 Å². The summed E-state index contributed by atoms with van der Waals surface area (Å²) in [5.74, 6) is 0.559. The van der Waals surface area contributed by atoms with Crippen LogP contribution in [-0.4, -0.2) is 50.8 Å². The molecule has 174 valence electrons. The summed E-state index contributed by atoms with van der Waals surface area (Å²) in [5, 5.41) is 3.23. The minimum absolute atomic E-state index is 0.0435. The zero-order chi connectivity index (χ0) is 22.6. The van der Waals surface area contributed by atoms with Crippen LogP contribution >= 0.6 is 0 Å². The van der Waals surface area contributed by atoms with Crippen molar-refractivity contribution in [1.82, 2.24) is 14.9 Å². The first-order chi connectivity index (χ1) is 14.5. The molecule has 6 nitrogen and oxygen atoms in total. The van der Waals surface area contributed by atoms with Crippen molar-refractivity contribution < 1.29 is 13.2 Å². The quantitative estimate of drug-likeness (QED) is 0.710. The predicted molar refractivity (Wildman–Crippen MR) is 126 cm³/mol. The maximum Gasteiger partial charge on any atom is 0.317 e. The highest BCUT2D eigenvalue weighted by molar-refractivity contribution is 7.88. The molecule has 0 radical (unpaired) electrons. The van der Waals surface area contributed by atoms with Gasteiger partial charge in [0.15, 0.2) is 0 Å². The third kappa shape index (κ3) is 6.94. The van der Waals surface area contributed by atoms with Crippen molar-refractivity contribution >= 4 is 16.1 Å². The number of amides is 2. The van der Waals surface area contributed by atoms with Crippen LogP contribution in [0.15, 0.2) is 24.3 Å². The van der Waals surface area contributed by atoms with Gasteiger partial charge < -0.3 is 10.2 Å². The normalized spacial score (nSPS) is 25.3. The number of benzene rings is 1. The smallest absolute Gasteiger partial charge is 0.317 e. The lowest BCUT2D eigenvalue weighted by atomic mass is 9.80. The lowest BCUT2D eigenvalue weighted by Crippen LogP contribution is -2.54. The number of hydrogen-bond donors (Lipinski definition) is 2. The van der Waals surface area contributed by atoms with E-state index in [1.807, 2.05) is 4.90 Å². The van der Waals surface area contributed by atoms with Crippen molar-refractivity contribution in [1.29, 1.82) is 0 Å². The fraction of sp³-hybridized carbons (Fsp3) is 0.708. The molecule has 2 fully saturated rings. The van der Waals surface area contributed by atoms with Gasteiger partial charge in [0.05, 0.1) is 6.26 Å². The number of nitrogens with one attached hydrogen (secondary N) is 2. The fourth-order valence-electron chi connectivity index (χ4n) is 4.81. The van der Waals surface area contributed by atoms with Crippen LogP contribution in [0.2, 0.25) is 0 Å². The summed E-state index contributed by atoms with van der Waals surface area (Å²) in [4.78, 5) is 14.8. The van der Waals surface area contributed by atoms with Gasteiger partial charge in [0.2, 0.25) is 10.0 Å². The summed E-state index contributed by atoms with van der Waals surface area (Å²) < 4.78 is 25.5. The van der Waals surface area contributed by atoms with E-state index >= 15 is 0 Å². The van der Waals surface area contributed by atoms with Crippen LogP contribution in [0.5, 0.6) is 0 Å². The second-order valence-electron chi connectivity index (χ2n) is 10.3. The van der Waals surface area contributed by atoms with Crippen LogP contribution in [0.1, 0.15) is 82.8 Å². The summed E-state index contributed by atoms with van der Waals surface area (Å²) in [6.07, 6.45) is 8.13. The van der Waals surface area contributed by atoms with Gasteiger partial charge in [-0.1, -0.05) is 45.0 Å². The highest BCUT2D eigenvalue weighted by Gasteiger charge is 2.30. The Morgan fingerprint density at radius 2 is 1.68 bits per heavy atom. The molecule has 1 unspecified atom stereocenters. The van der Waals surface area contributed by atoms with Gasteiger partial charge in [0.1, 0.15) is 0 Å². The Morgan fingerprint density at radius 3 is 2.26 bits per heavy atom. The molecule has 1 aromatic carbocycles. The lowest BCUT2D eigenvalue weighted by Gasteiger charge is -2.38. The van der Waals surface area contributed by atoms with Crippen molar-refractivity contribution in [2.24, 2.45) is 0 Å². The molecule has 0 spiro atoms. The van der Waals surface area contributed by atoms with Crippen molar-refractivity contribution in [2.45, 2.75) is 89.1 Å². The fourth-order valence-corrected chi connectivity index (χ4v) is 5.31. The van der Waals surface area contributed by atoms with Gasteiger partial charge >= 0.3 is 6.03 Å². The number of sulfonamides is 1. The van der Waals surface area contributed by atoms with Gasteiger partial charge in [-0.25, -0.2) is 17.9 Å². The van der Waals surface area contributed by atoms with E-state index in [1.54, 1.807) is 0 Å². The Balaban J connectivity index is 1.51. The summed E-state index contributed by atoms with van der Waals surface area (Å²) >= 11 is 0. The van der Waals surface area contributed by atoms with Gasteiger partial charge in [-0.15, -0.1) is 0 Å². The van der Waals surface area contributed by atoms with E-state index in [2.05, 4.69) is 55.1 Å². The zero-order valence-corrected chi connectivity index (χ0v) is 20.3. The lowest BCUT2D eigenvalue weighted by molar-refractivity contribution is 0.146. The average molecular weight is 450 g/mol. The number of rotatable bonds is 5.